The SMILES string of the molecule is CCc1nc(NN)c(C)c(N2CCN(C)C(=O)C2(C)C)n1. The second-order valence-electron chi connectivity index (χ2n) is 5.87. The first-order valence-corrected chi connectivity index (χ1v) is 7.20. The number of rotatable bonds is 3. The zero-order valence-corrected chi connectivity index (χ0v) is 13.4. The van der Waals surface area contributed by atoms with E-state index >= 15 is 0 Å². The summed E-state index contributed by atoms with van der Waals surface area (Å²) in [5.74, 6) is 7.75. The first-order valence-electron chi connectivity index (χ1n) is 7.20. The van der Waals surface area contributed by atoms with Crippen molar-refractivity contribution in [1.82, 2.24) is 14.9 Å². The van der Waals surface area contributed by atoms with Crippen LogP contribution in [0.25, 0.3) is 0 Å². The highest BCUT2D eigenvalue weighted by Gasteiger charge is 2.42. The molecular formula is C14H24N6O. The molecule has 0 aliphatic carbocycles. The van der Waals surface area contributed by atoms with Crippen LogP contribution >= 0.6 is 0 Å². The van der Waals surface area contributed by atoms with Gasteiger partial charge in [0.05, 0.1) is 0 Å². The summed E-state index contributed by atoms with van der Waals surface area (Å²) in [5.41, 5.74) is 2.85. The molecule has 0 radical (unpaired) electrons. The Morgan fingerprint density at radius 1 is 1.33 bits per heavy atom. The number of carbonyl (C=O) groups excluding carboxylic acids is 1. The highest BCUT2D eigenvalue weighted by atomic mass is 16.2. The highest BCUT2D eigenvalue weighted by Crippen LogP contribution is 2.31. The van der Waals surface area contributed by atoms with E-state index in [1.165, 1.54) is 0 Å². The lowest BCUT2D eigenvalue weighted by atomic mass is 9.97. The number of aromatic nitrogens is 2. The number of nitrogens with zero attached hydrogens (tertiary/aromatic N) is 4. The van der Waals surface area contributed by atoms with Gasteiger partial charge in [-0.25, -0.2) is 15.8 Å². The molecule has 2 heterocycles. The molecule has 0 spiro atoms. The normalized spacial score (nSPS) is 18.1. The maximum Gasteiger partial charge on any atom is 0.247 e. The van der Waals surface area contributed by atoms with Gasteiger partial charge in [-0.3, -0.25) is 4.79 Å². The summed E-state index contributed by atoms with van der Waals surface area (Å²) in [5, 5.41) is 0. The first-order chi connectivity index (χ1) is 9.82. The van der Waals surface area contributed by atoms with E-state index in [1.807, 2.05) is 39.6 Å². The van der Waals surface area contributed by atoms with E-state index in [0.29, 0.717) is 24.6 Å². The van der Waals surface area contributed by atoms with Crippen LogP contribution in [-0.2, 0) is 11.2 Å². The molecule has 0 unspecified atom stereocenters. The average Bonchev–Trinajstić information content (AvgIpc) is 2.46. The minimum absolute atomic E-state index is 0.0899. The largest absolute Gasteiger partial charge is 0.342 e. The zero-order chi connectivity index (χ0) is 15.8. The van der Waals surface area contributed by atoms with Crippen molar-refractivity contribution in [2.24, 2.45) is 5.84 Å². The van der Waals surface area contributed by atoms with Gasteiger partial charge in [0.1, 0.15) is 23.0 Å². The van der Waals surface area contributed by atoms with Gasteiger partial charge in [0.25, 0.3) is 0 Å². The number of hydrogen-bond acceptors (Lipinski definition) is 6. The van der Waals surface area contributed by atoms with Gasteiger partial charge < -0.3 is 15.2 Å². The zero-order valence-electron chi connectivity index (χ0n) is 13.4. The van der Waals surface area contributed by atoms with Gasteiger partial charge in [0.2, 0.25) is 5.91 Å². The number of nitrogens with two attached hydrogens (primary N) is 1. The van der Waals surface area contributed by atoms with Crippen LogP contribution < -0.4 is 16.2 Å². The van der Waals surface area contributed by atoms with Crippen molar-refractivity contribution in [3.63, 3.8) is 0 Å². The summed E-state index contributed by atoms with van der Waals surface area (Å²) in [4.78, 5) is 25.3. The van der Waals surface area contributed by atoms with Crippen LogP contribution in [0.1, 0.15) is 32.2 Å². The Morgan fingerprint density at radius 3 is 2.57 bits per heavy atom. The molecule has 7 nitrogen and oxygen atoms in total. The summed E-state index contributed by atoms with van der Waals surface area (Å²) < 4.78 is 0. The van der Waals surface area contributed by atoms with Gasteiger partial charge >= 0.3 is 0 Å². The maximum atomic E-state index is 12.5. The fourth-order valence-electron chi connectivity index (χ4n) is 2.70. The van der Waals surface area contributed by atoms with E-state index in [2.05, 4.69) is 15.4 Å². The molecule has 1 aromatic rings. The van der Waals surface area contributed by atoms with E-state index in [1.54, 1.807) is 4.90 Å². The molecule has 1 aromatic heterocycles. The molecule has 0 bridgehead atoms. The summed E-state index contributed by atoms with van der Waals surface area (Å²) in [6, 6.07) is 0. The Labute approximate surface area is 125 Å². The molecule has 0 aromatic carbocycles. The predicted octanol–water partition coefficient (Wildman–Crippen LogP) is 0.690. The number of nitrogens with one attached hydrogen (secondary N) is 1. The Hall–Kier alpha value is -1.89. The summed E-state index contributed by atoms with van der Waals surface area (Å²) >= 11 is 0. The van der Waals surface area contributed by atoms with Crippen molar-refractivity contribution in [2.45, 2.75) is 39.7 Å². The van der Waals surface area contributed by atoms with Crippen LogP contribution in [0.4, 0.5) is 11.6 Å². The lowest BCUT2D eigenvalue weighted by Crippen LogP contribution is -2.62. The number of carbonyl (C=O) groups is 1. The third-order valence-corrected chi connectivity index (χ3v) is 4.08. The van der Waals surface area contributed by atoms with Crippen molar-refractivity contribution in [2.75, 3.05) is 30.5 Å². The van der Waals surface area contributed by atoms with Crippen LogP contribution in [0.2, 0.25) is 0 Å². The monoisotopic (exact) mass is 292 g/mol. The molecule has 0 atom stereocenters. The lowest BCUT2D eigenvalue weighted by molar-refractivity contribution is -0.136. The number of anilines is 2. The topological polar surface area (TPSA) is 87.4 Å². The van der Waals surface area contributed by atoms with Crippen molar-refractivity contribution < 1.29 is 4.79 Å². The number of hydrogen-bond donors (Lipinski definition) is 2. The van der Waals surface area contributed by atoms with Crippen LogP contribution in [0.5, 0.6) is 0 Å². The van der Waals surface area contributed by atoms with E-state index in [0.717, 1.165) is 17.9 Å². The third-order valence-electron chi connectivity index (χ3n) is 4.08. The van der Waals surface area contributed by atoms with Crippen LogP contribution in [0.15, 0.2) is 0 Å². The predicted molar refractivity (Wildman–Crippen MR) is 83.0 cm³/mol. The van der Waals surface area contributed by atoms with Gasteiger partial charge in [0, 0.05) is 32.1 Å². The molecule has 1 amide bonds. The second-order valence-corrected chi connectivity index (χ2v) is 5.87. The Bertz CT molecular complexity index is 557. The Balaban J connectivity index is 2.52. The Kier molecular flexibility index (Phi) is 4.04. The van der Waals surface area contributed by atoms with Gasteiger partial charge in [0.15, 0.2) is 0 Å². The number of amides is 1. The molecule has 21 heavy (non-hydrogen) atoms. The standard InChI is InChI=1S/C14H24N6O/c1-6-10-16-11(18-15)9(2)12(17-10)20-8-7-19(5)13(21)14(20,3)4/h6-8,15H2,1-5H3,(H,16,17,18). The van der Waals surface area contributed by atoms with Crippen molar-refractivity contribution >= 4 is 17.5 Å². The molecule has 2 rings (SSSR count). The van der Waals surface area contributed by atoms with Crippen molar-refractivity contribution in [3.8, 4) is 0 Å². The number of hydrazine groups is 1. The molecule has 7 heteroatoms. The van der Waals surface area contributed by atoms with Gasteiger partial charge in [-0.2, -0.15) is 0 Å². The molecule has 0 saturated carbocycles. The van der Waals surface area contributed by atoms with Gasteiger partial charge in [-0.1, -0.05) is 6.92 Å². The number of likely N-dealkylation sites (N-methyl/N-ethyl adjacent to an activating group) is 1. The van der Waals surface area contributed by atoms with Gasteiger partial charge in [-0.15, -0.1) is 0 Å². The minimum Gasteiger partial charge on any atom is -0.342 e. The molecule has 3 N–H and O–H groups in total. The number of aryl methyl sites for hydroxylation is 1. The quantitative estimate of drug-likeness (QED) is 0.629. The van der Waals surface area contributed by atoms with E-state index in [-0.39, 0.29) is 5.91 Å². The van der Waals surface area contributed by atoms with Crippen LogP contribution in [0.3, 0.4) is 0 Å². The molecule has 1 aliphatic heterocycles. The second kappa shape index (κ2) is 5.48. The number of nitrogen functional groups attached to an aromatic ring is 1. The van der Waals surface area contributed by atoms with E-state index in [9.17, 15) is 4.79 Å². The Morgan fingerprint density at radius 2 is 2.00 bits per heavy atom. The summed E-state index contributed by atoms with van der Waals surface area (Å²) in [6.45, 7) is 9.18. The molecule has 1 aliphatic rings. The lowest BCUT2D eigenvalue weighted by Gasteiger charge is -2.46. The first kappa shape index (κ1) is 15.5. The smallest absolute Gasteiger partial charge is 0.247 e. The minimum atomic E-state index is -0.636. The summed E-state index contributed by atoms with van der Waals surface area (Å²) in [6.07, 6.45) is 0.712. The van der Waals surface area contributed by atoms with Crippen LogP contribution in [-0.4, -0.2) is 46.5 Å². The van der Waals surface area contributed by atoms with Crippen molar-refractivity contribution in [3.05, 3.63) is 11.4 Å². The maximum absolute atomic E-state index is 12.5. The fraction of sp³-hybridized carbons (Fsp3) is 0.643. The molecular weight excluding hydrogens is 268 g/mol. The van der Waals surface area contributed by atoms with Gasteiger partial charge in [-0.05, 0) is 20.8 Å². The van der Waals surface area contributed by atoms with E-state index in [4.69, 9.17) is 5.84 Å². The highest BCUT2D eigenvalue weighted by molar-refractivity contribution is 5.90. The summed E-state index contributed by atoms with van der Waals surface area (Å²) in [7, 11) is 1.83. The van der Waals surface area contributed by atoms with Crippen molar-refractivity contribution in [1.29, 1.82) is 0 Å². The molecule has 1 saturated heterocycles. The molecule has 116 valence electrons. The fourth-order valence-corrected chi connectivity index (χ4v) is 2.70. The van der Waals surface area contributed by atoms with E-state index < -0.39 is 5.54 Å². The molecule has 1 fully saturated rings. The number of piperazine rings is 1. The van der Waals surface area contributed by atoms with Crippen LogP contribution in [0, 0.1) is 6.92 Å². The third kappa shape index (κ3) is 2.53. The average molecular weight is 292 g/mol.